The lowest BCUT2D eigenvalue weighted by molar-refractivity contribution is 0.173. The molecule has 0 aliphatic heterocycles. The lowest BCUT2D eigenvalue weighted by atomic mass is 10.1. The third-order valence-corrected chi connectivity index (χ3v) is 2.91. The molecule has 4 heteroatoms. The molecule has 4 nitrogen and oxygen atoms in total. The first kappa shape index (κ1) is 16.8. The minimum atomic E-state index is 0.0404. The minimum Gasteiger partial charge on any atom is -0.497 e. The summed E-state index contributed by atoms with van der Waals surface area (Å²) in [6.07, 6.45) is 0. The fourth-order valence-corrected chi connectivity index (χ4v) is 1.61. The molecule has 1 unspecified atom stereocenters. The Kier molecular flexibility index (Phi) is 6.30. The molecule has 2 N–H and O–H groups in total. The maximum absolute atomic E-state index is 9.06. The van der Waals surface area contributed by atoms with Crippen LogP contribution in [0.1, 0.15) is 33.3 Å². The summed E-state index contributed by atoms with van der Waals surface area (Å²) in [5, 5.41) is 12.5. The summed E-state index contributed by atoms with van der Waals surface area (Å²) in [7, 11) is 1.66. The lowest BCUT2D eigenvalue weighted by Gasteiger charge is -2.22. The van der Waals surface area contributed by atoms with Gasteiger partial charge in [0, 0.05) is 30.2 Å². The van der Waals surface area contributed by atoms with Crippen molar-refractivity contribution in [3.05, 3.63) is 23.8 Å². The largest absolute Gasteiger partial charge is 0.497 e. The molecule has 0 aromatic heterocycles. The molecule has 0 radical (unpaired) electrons. The molecule has 1 aromatic rings. The van der Waals surface area contributed by atoms with Crippen LogP contribution < -0.4 is 14.8 Å². The van der Waals surface area contributed by atoms with Crippen LogP contribution in [-0.2, 0) is 6.54 Å². The predicted molar refractivity (Wildman–Crippen MR) is 81.3 cm³/mol. The van der Waals surface area contributed by atoms with E-state index in [9.17, 15) is 0 Å². The van der Waals surface area contributed by atoms with Crippen LogP contribution >= 0.6 is 0 Å². The summed E-state index contributed by atoms with van der Waals surface area (Å²) >= 11 is 0. The number of aliphatic hydroxyl groups is 1. The van der Waals surface area contributed by atoms with E-state index in [1.165, 1.54) is 0 Å². The van der Waals surface area contributed by atoms with E-state index in [4.69, 9.17) is 14.6 Å². The number of methoxy groups -OCH3 is 1. The Labute approximate surface area is 122 Å². The van der Waals surface area contributed by atoms with Gasteiger partial charge < -0.3 is 19.9 Å². The van der Waals surface area contributed by atoms with Gasteiger partial charge in [-0.25, -0.2) is 0 Å². The molecule has 0 heterocycles. The molecule has 1 rings (SSSR count). The fourth-order valence-electron chi connectivity index (χ4n) is 1.61. The van der Waals surface area contributed by atoms with Crippen molar-refractivity contribution < 1.29 is 14.6 Å². The van der Waals surface area contributed by atoms with E-state index in [-0.39, 0.29) is 18.1 Å². The smallest absolute Gasteiger partial charge is 0.124 e. The van der Waals surface area contributed by atoms with Crippen molar-refractivity contribution in [3.63, 3.8) is 0 Å². The molecule has 114 valence electrons. The number of hydrogen-bond acceptors (Lipinski definition) is 4. The van der Waals surface area contributed by atoms with E-state index in [0.717, 1.165) is 17.1 Å². The molecule has 0 bridgehead atoms. The van der Waals surface area contributed by atoms with Gasteiger partial charge in [-0.3, -0.25) is 0 Å². The van der Waals surface area contributed by atoms with Gasteiger partial charge in [0.15, 0.2) is 0 Å². The van der Waals surface area contributed by atoms with Gasteiger partial charge in [-0.2, -0.15) is 0 Å². The molecule has 20 heavy (non-hydrogen) atoms. The van der Waals surface area contributed by atoms with E-state index in [0.29, 0.717) is 13.2 Å². The first-order valence-corrected chi connectivity index (χ1v) is 7.01. The van der Waals surface area contributed by atoms with Crippen molar-refractivity contribution in [1.29, 1.82) is 0 Å². The Morgan fingerprint density at radius 3 is 2.55 bits per heavy atom. The Morgan fingerprint density at radius 2 is 2.00 bits per heavy atom. The summed E-state index contributed by atoms with van der Waals surface area (Å²) in [5.41, 5.74) is 1.10. The van der Waals surface area contributed by atoms with Crippen molar-refractivity contribution in [2.24, 2.45) is 5.92 Å². The lowest BCUT2D eigenvalue weighted by Crippen LogP contribution is -2.35. The highest BCUT2D eigenvalue weighted by Crippen LogP contribution is 2.25. The second kappa shape index (κ2) is 7.50. The van der Waals surface area contributed by atoms with E-state index in [1.54, 1.807) is 7.11 Å². The van der Waals surface area contributed by atoms with Crippen LogP contribution in [0.25, 0.3) is 0 Å². The molecule has 0 saturated carbocycles. The zero-order valence-electron chi connectivity index (χ0n) is 13.2. The van der Waals surface area contributed by atoms with Crippen LogP contribution in [0.5, 0.6) is 11.5 Å². The van der Waals surface area contributed by atoms with Gasteiger partial charge in [0.05, 0.1) is 13.7 Å². The molecule has 0 saturated heterocycles. The van der Waals surface area contributed by atoms with Crippen LogP contribution in [0.2, 0.25) is 0 Å². The van der Waals surface area contributed by atoms with Crippen molar-refractivity contribution in [1.82, 2.24) is 5.32 Å². The molecule has 1 atom stereocenters. The molecular formula is C16H27NO3. The van der Waals surface area contributed by atoms with Gasteiger partial charge in [-0.05, 0) is 39.0 Å². The number of benzene rings is 1. The van der Waals surface area contributed by atoms with Crippen molar-refractivity contribution in [2.45, 2.75) is 39.8 Å². The van der Waals surface area contributed by atoms with Crippen molar-refractivity contribution in [3.8, 4) is 11.5 Å². The molecule has 0 fully saturated rings. The van der Waals surface area contributed by atoms with Gasteiger partial charge in [-0.15, -0.1) is 0 Å². The quantitative estimate of drug-likeness (QED) is 0.806. The van der Waals surface area contributed by atoms with Crippen molar-refractivity contribution in [2.75, 3.05) is 20.3 Å². The Bertz CT molecular complexity index is 413. The second-order valence-electron chi connectivity index (χ2n) is 6.18. The Hall–Kier alpha value is -1.26. The summed E-state index contributed by atoms with van der Waals surface area (Å²) in [4.78, 5) is 0. The highest BCUT2D eigenvalue weighted by molar-refractivity contribution is 5.40. The minimum absolute atomic E-state index is 0.0404. The van der Waals surface area contributed by atoms with Crippen molar-refractivity contribution >= 4 is 0 Å². The highest BCUT2D eigenvalue weighted by Gasteiger charge is 2.12. The molecule has 0 aliphatic rings. The zero-order chi connectivity index (χ0) is 15.2. The Morgan fingerprint density at radius 1 is 1.30 bits per heavy atom. The normalized spacial score (nSPS) is 13.1. The Balaban J connectivity index is 2.80. The van der Waals surface area contributed by atoms with E-state index in [2.05, 4.69) is 26.1 Å². The molecule has 0 amide bonds. The number of hydrogen-bond donors (Lipinski definition) is 2. The standard InChI is InChI=1S/C16H27NO3/c1-12(10-18)11-20-15-7-6-14(19-5)8-13(15)9-17-16(2,3)4/h6-8,12,17-18H,9-11H2,1-5H3. The number of aliphatic hydroxyl groups excluding tert-OH is 1. The third-order valence-electron chi connectivity index (χ3n) is 2.91. The van der Waals surface area contributed by atoms with Gasteiger partial charge in [0.1, 0.15) is 11.5 Å². The summed E-state index contributed by atoms with van der Waals surface area (Å²) < 4.78 is 11.1. The van der Waals surface area contributed by atoms with Crippen LogP contribution in [0.15, 0.2) is 18.2 Å². The van der Waals surface area contributed by atoms with Crippen LogP contribution in [-0.4, -0.2) is 31.0 Å². The first-order valence-electron chi connectivity index (χ1n) is 7.01. The fraction of sp³-hybridized carbons (Fsp3) is 0.625. The summed E-state index contributed by atoms with van der Waals surface area (Å²) in [6.45, 7) is 9.68. The van der Waals surface area contributed by atoms with Gasteiger partial charge in [0.2, 0.25) is 0 Å². The zero-order valence-corrected chi connectivity index (χ0v) is 13.2. The van der Waals surface area contributed by atoms with Gasteiger partial charge >= 0.3 is 0 Å². The monoisotopic (exact) mass is 281 g/mol. The second-order valence-corrected chi connectivity index (χ2v) is 6.18. The topological polar surface area (TPSA) is 50.7 Å². The summed E-state index contributed by atoms with van der Waals surface area (Å²) in [5.74, 6) is 1.78. The van der Waals surface area contributed by atoms with Crippen LogP contribution in [0, 0.1) is 5.92 Å². The van der Waals surface area contributed by atoms with Crippen LogP contribution in [0.3, 0.4) is 0 Å². The number of rotatable bonds is 7. The van der Waals surface area contributed by atoms with Crippen LogP contribution in [0.4, 0.5) is 0 Å². The summed E-state index contributed by atoms with van der Waals surface area (Å²) in [6, 6.07) is 5.79. The maximum Gasteiger partial charge on any atom is 0.124 e. The van der Waals surface area contributed by atoms with Gasteiger partial charge in [0.25, 0.3) is 0 Å². The predicted octanol–water partition coefficient (Wildman–Crippen LogP) is 2.59. The molecular weight excluding hydrogens is 254 g/mol. The third kappa shape index (κ3) is 5.80. The molecule has 0 spiro atoms. The number of ether oxygens (including phenoxy) is 2. The average molecular weight is 281 g/mol. The van der Waals surface area contributed by atoms with Gasteiger partial charge in [-0.1, -0.05) is 6.92 Å². The highest BCUT2D eigenvalue weighted by atomic mass is 16.5. The van der Waals surface area contributed by atoms with E-state index >= 15 is 0 Å². The van der Waals surface area contributed by atoms with E-state index < -0.39 is 0 Å². The molecule has 1 aromatic carbocycles. The first-order chi connectivity index (χ1) is 9.35. The molecule has 0 aliphatic carbocycles. The average Bonchev–Trinajstić information content (AvgIpc) is 2.41. The maximum atomic E-state index is 9.06. The SMILES string of the molecule is COc1ccc(OCC(C)CO)c(CNC(C)(C)C)c1. The van der Waals surface area contributed by atoms with E-state index in [1.807, 2.05) is 25.1 Å². The number of nitrogens with one attached hydrogen (secondary N) is 1.